The molecule has 0 amide bonds. The second-order valence-corrected chi connectivity index (χ2v) is 9.01. The van der Waals surface area contributed by atoms with Crippen LogP contribution in [0.1, 0.15) is 28.9 Å². The Balaban J connectivity index is 1.56. The summed E-state index contributed by atoms with van der Waals surface area (Å²) in [6.07, 6.45) is 3.41. The maximum absolute atomic E-state index is 14.3. The molecule has 7 nitrogen and oxygen atoms in total. The molecule has 1 aliphatic rings. The van der Waals surface area contributed by atoms with Gasteiger partial charge < -0.3 is 9.73 Å². The van der Waals surface area contributed by atoms with E-state index in [4.69, 9.17) is 21.4 Å². The fraction of sp³-hybridized carbons (Fsp3) is 0.190. The SMILES string of the molecule is Cc1ncc2c(n1)C[C@@](C)(c1sc(-c3cc(F)cc(-c4nnco4)c3)cc1Cl)NC2=N. The third-order valence-corrected chi connectivity index (χ3v) is 7.01. The maximum atomic E-state index is 14.3. The van der Waals surface area contributed by atoms with Crippen LogP contribution in [0.25, 0.3) is 21.9 Å². The molecule has 0 unspecified atom stereocenters. The lowest BCUT2D eigenvalue weighted by molar-refractivity contribution is 0.424. The van der Waals surface area contributed by atoms with Crippen molar-refractivity contribution < 1.29 is 8.81 Å². The Morgan fingerprint density at radius 3 is 2.84 bits per heavy atom. The molecule has 0 spiro atoms. The van der Waals surface area contributed by atoms with Crippen LogP contribution >= 0.6 is 22.9 Å². The van der Waals surface area contributed by atoms with Gasteiger partial charge in [0.15, 0.2) is 0 Å². The fourth-order valence-electron chi connectivity index (χ4n) is 3.76. The number of hydrogen-bond acceptors (Lipinski definition) is 7. The Kier molecular flexibility index (Phi) is 4.60. The number of halogens is 2. The summed E-state index contributed by atoms with van der Waals surface area (Å²) in [6, 6.07) is 6.38. The highest BCUT2D eigenvalue weighted by atomic mass is 35.5. The van der Waals surface area contributed by atoms with Crippen LogP contribution in [0.5, 0.6) is 0 Å². The molecule has 5 rings (SSSR count). The van der Waals surface area contributed by atoms with E-state index in [1.165, 1.54) is 29.9 Å². The van der Waals surface area contributed by atoms with Gasteiger partial charge >= 0.3 is 0 Å². The van der Waals surface area contributed by atoms with E-state index in [9.17, 15) is 4.39 Å². The van der Waals surface area contributed by atoms with Crippen molar-refractivity contribution >= 4 is 28.8 Å². The number of benzene rings is 1. The van der Waals surface area contributed by atoms with Gasteiger partial charge in [0.25, 0.3) is 0 Å². The number of nitrogens with one attached hydrogen (secondary N) is 2. The van der Waals surface area contributed by atoms with Crippen molar-refractivity contribution in [3.05, 3.63) is 69.7 Å². The van der Waals surface area contributed by atoms with Crippen LogP contribution < -0.4 is 5.32 Å². The lowest BCUT2D eigenvalue weighted by atomic mass is 9.87. The quantitative estimate of drug-likeness (QED) is 0.463. The largest absolute Gasteiger partial charge is 0.423 e. The zero-order valence-corrected chi connectivity index (χ0v) is 18.1. The number of rotatable bonds is 3. The molecular weight excluding hydrogens is 439 g/mol. The lowest BCUT2D eigenvalue weighted by Crippen LogP contribution is -2.49. The van der Waals surface area contributed by atoms with Crippen LogP contribution in [-0.4, -0.2) is 26.0 Å². The first-order valence-electron chi connectivity index (χ1n) is 9.39. The predicted octanol–water partition coefficient (Wildman–Crippen LogP) is 4.74. The topological polar surface area (TPSA) is 101 Å². The number of hydrogen-bond donors (Lipinski definition) is 2. The van der Waals surface area contributed by atoms with Crippen LogP contribution in [0, 0.1) is 18.2 Å². The normalized spacial score (nSPS) is 18.0. The number of aryl methyl sites for hydroxylation is 1. The highest BCUT2D eigenvalue weighted by Crippen LogP contribution is 2.43. The molecule has 0 fully saturated rings. The molecule has 156 valence electrons. The average molecular weight is 455 g/mol. The monoisotopic (exact) mass is 454 g/mol. The van der Waals surface area contributed by atoms with Gasteiger partial charge in [0, 0.05) is 27.9 Å². The van der Waals surface area contributed by atoms with E-state index >= 15 is 0 Å². The number of nitrogens with zero attached hydrogens (tertiary/aromatic N) is 4. The molecule has 1 aromatic carbocycles. The van der Waals surface area contributed by atoms with E-state index in [0.29, 0.717) is 34.0 Å². The van der Waals surface area contributed by atoms with Crippen LogP contribution in [0.3, 0.4) is 0 Å². The fourth-order valence-corrected chi connectivity index (χ4v) is 5.40. The number of fused-ring (bicyclic) bond motifs is 1. The molecule has 2 N–H and O–H groups in total. The predicted molar refractivity (Wildman–Crippen MR) is 116 cm³/mol. The summed E-state index contributed by atoms with van der Waals surface area (Å²) < 4.78 is 19.5. The first-order chi connectivity index (χ1) is 14.8. The van der Waals surface area contributed by atoms with Crippen molar-refractivity contribution in [1.82, 2.24) is 25.5 Å². The number of aromatic nitrogens is 4. The molecular formula is C21H16ClFN6OS. The van der Waals surface area contributed by atoms with Crippen LogP contribution in [0.2, 0.25) is 5.02 Å². The smallest absolute Gasteiger partial charge is 0.247 e. The molecule has 4 aromatic rings. The van der Waals surface area contributed by atoms with E-state index in [1.54, 1.807) is 12.3 Å². The van der Waals surface area contributed by atoms with Crippen LogP contribution in [-0.2, 0) is 12.0 Å². The summed E-state index contributed by atoms with van der Waals surface area (Å²) in [6.45, 7) is 3.81. The molecule has 0 aliphatic carbocycles. The van der Waals surface area contributed by atoms with Gasteiger partial charge in [-0.2, -0.15) is 0 Å². The van der Waals surface area contributed by atoms with Gasteiger partial charge in [0.1, 0.15) is 17.5 Å². The summed E-state index contributed by atoms with van der Waals surface area (Å²) >= 11 is 8.08. The van der Waals surface area contributed by atoms with Crippen molar-refractivity contribution in [2.75, 3.05) is 0 Å². The molecule has 1 aliphatic heterocycles. The van der Waals surface area contributed by atoms with Crippen molar-refractivity contribution in [3.63, 3.8) is 0 Å². The second-order valence-electron chi connectivity index (χ2n) is 7.55. The lowest BCUT2D eigenvalue weighted by Gasteiger charge is -2.36. The molecule has 31 heavy (non-hydrogen) atoms. The Bertz CT molecular complexity index is 1320. The Morgan fingerprint density at radius 2 is 2.06 bits per heavy atom. The summed E-state index contributed by atoms with van der Waals surface area (Å²) in [5.41, 5.74) is 2.00. The van der Waals surface area contributed by atoms with E-state index < -0.39 is 11.4 Å². The molecule has 0 saturated carbocycles. The highest BCUT2D eigenvalue weighted by Gasteiger charge is 2.38. The third kappa shape index (κ3) is 3.49. The zero-order chi connectivity index (χ0) is 21.8. The Hall–Kier alpha value is -3.17. The van der Waals surface area contributed by atoms with Gasteiger partial charge in [-0.1, -0.05) is 11.6 Å². The summed E-state index contributed by atoms with van der Waals surface area (Å²) in [7, 11) is 0. The average Bonchev–Trinajstić information content (AvgIpc) is 3.37. The van der Waals surface area contributed by atoms with Crippen molar-refractivity contribution in [2.45, 2.75) is 25.8 Å². The van der Waals surface area contributed by atoms with Gasteiger partial charge in [-0.15, -0.1) is 21.5 Å². The Morgan fingerprint density at radius 1 is 1.26 bits per heavy atom. The van der Waals surface area contributed by atoms with Crippen molar-refractivity contribution in [1.29, 1.82) is 5.41 Å². The van der Waals surface area contributed by atoms with E-state index in [2.05, 4.69) is 25.5 Å². The first kappa shape index (κ1) is 19.8. The number of thiophene rings is 1. The minimum Gasteiger partial charge on any atom is -0.423 e. The third-order valence-electron chi connectivity index (χ3n) is 5.16. The highest BCUT2D eigenvalue weighted by molar-refractivity contribution is 7.16. The first-order valence-corrected chi connectivity index (χ1v) is 10.6. The number of amidine groups is 1. The summed E-state index contributed by atoms with van der Waals surface area (Å²) in [4.78, 5) is 10.4. The van der Waals surface area contributed by atoms with Gasteiger partial charge in [0.05, 0.1) is 21.8 Å². The molecule has 3 aromatic heterocycles. The van der Waals surface area contributed by atoms with Crippen LogP contribution in [0.15, 0.2) is 41.3 Å². The zero-order valence-electron chi connectivity index (χ0n) is 16.5. The minimum absolute atomic E-state index is 0.240. The minimum atomic E-state index is -0.631. The van der Waals surface area contributed by atoms with Gasteiger partial charge in [-0.25, -0.2) is 14.4 Å². The molecule has 4 heterocycles. The summed E-state index contributed by atoms with van der Waals surface area (Å²) in [5.74, 6) is 0.729. The van der Waals surface area contributed by atoms with E-state index in [-0.39, 0.29) is 11.7 Å². The molecule has 1 atom stereocenters. The van der Waals surface area contributed by atoms with E-state index in [0.717, 1.165) is 15.4 Å². The van der Waals surface area contributed by atoms with Crippen molar-refractivity contribution in [3.8, 4) is 21.9 Å². The molecule has 10 heteroatoms. The van der Waals surface area contributed by atoms with Gasteiger partial charge in [-0.05, 0) is 43.7 Å². The molecule has 0 saturated heterocycles. The Labute approximate surface area is 185 Å². The maximum Gasteiger partial charge on any atom is 0.247 e. The summed E-state index contributed by atoms with van der Waals surface area (Å²) in [5, 5.41) is 19.7. The van der Waals surface area contributed by atoms with Gasteiger partial charge in [-0.3, -0.25) is 5.41 Å². The van der Waals surface area contributed by atoms with Crippen LogP contribution in [0.4, 0.5) is 4.39 Å². The molecule has 0 radical (unpaired) electrons. The van der Waals surface area contributed by atoms with Gasteiger partial charge in [0.2, 0.25) is 12.3 Å². The van der Waals surface area contributed by atoms with Crippen molar-refractivity contribution in [2.24, 2.45) is 0 Å². The standard InChI is InChI=1S/C21H16ClFN6OS/c1-10-25-8-14-16(27-10)7-21(2,28-19(14)24)18-15(22)6-17(31-18)11-3-12(5-13(23)4-11)20-29-26-9-30-20/h3-6,8-9H,7H2,1-2H3,(H2,24,28)/t21-/m0/s1. The van der Waals surface area contributed by atoms with E-state index in [1.807, 2.05) is 19.9 Å². The molecule has 0 bridgehead atoms. The second kappa shape index (κ2) is 7.21.